The van der Waals surface area contributed by atoms with E-state index in [4.69, 9.17) is 9.47 Å². The molecule has 0 aliphatic carbocycles. The maximum Gasteiger partial charge on any atom is 0.328 e. The van der Waals surface area contributed by atoms with Crippen LogP contribution in [0.1, 0.15) is 37.7 Å². The molecule has 0 bridgehead atoms. The lowest BCUT2D eigenvalue weighted by Gasteiger charge is -2.17. The summed E-state index contributed by atoms with van der Waals surface area (Å²) in [6.45, 7) is 5.15. The zero-order valence-electron chi connectivity index (χ0n) is 12.5. The number of carbonyl (C=O) groups is 2. The highest BCUT2D eigenvalue weighted by molar-refractivity contribution is 5.97. The molecular formula is C14H20N2O5. The molecule has 1 heterocycles. The van der Waals surface area contributed by atoms with E-state index in [1.165, 1.54) is 26.3 Å². The van der Waals surface area contributed by atoms with Crippen LogP contribution in [0.5, 0.6) is 11.5 Å². The number of esters is 1. The molecule has 2 atom stereocenters. The SMILES string of the molecule is CCC(C)OC(=O)[C@H](C)NC(=O)c1nccc(OC)c1O. The molecule has 1 amide bonds. The highest BCUT2D eigenvalue weighted by atomic mass is 16.5. The smallest absolute Gasteiger partial charge is 0.328 e. The van der Waals surface area contributed by atoms with E-state index in [-0.39, 0.29) is 23.3 Å². The Morgan fingerprint density at radius 1 is 1.43 bits per heavy atom. The molecule has 0 aliphatic heterocycles. The van der Waals surface area contributed by atoms with Gasteiger partial charge in [-0.3, -0.25) is 4.79 Å². The van der Waals surface area contributed by atoms with Crippen molar-refractivity contribution in [3.63, 3.8) is 0 Å². The molecule has 21 heavy (non-hydrogen) atoms. The molecule has 0 radical (unpaired) electrons. The number of carbonyl (C=O) groups excluding carboxylic acids is 2. The average molecular weight is 296 g/mol. The van der Waals surface area contributed by atoms with Crippen molar-refractivity contribution in [1.29, 1.82) is 0 Å². The van der Waals surface area contributed by atoms with E-state index in [0.717, 1.165) is 0 Å². The fourth-order valence-electron chi connectivity index (χ4n) is 1.47. The quantitative estimate of drug-likeness (QED) is 0.767. The van der Waals surface area contributed by atoms with E-state index >= 15 is 0 Å². The molecule has 1 aromatic heterocycles. The minimum Gasteiger partial charge on any atom is -0.503 e. The van der Waals surface area contributed by atoms with Gasteiger partial charge in [0.15, 0.2) is 17.2 Å². The zero-order valence-corrected chi connectivity index (χ0v) is 12.5. The van der Waals surface area contributed by atoms with Gasteiger partial charge in [0, 0.05) is 12.3 Å². The van der Waals surface area contributed by atoms with Crippen LogP contribution in [0.25, 0.3) is 0 Å². The number of rotatable bonds is 6. The van der Waals surface area contributed by atoms with E-state index in [9.17, 15) is 14.7 Å². The summed E-state index contributed by atoms with van der Waals surface area (Å²) in [4.78, 5) is 27.5. The summed E-state index contributed by atoms with van der Waals surface area (Å²) in [5, 5.41) is 12.3. The predicted octanol–water partition coefficient (Wildman–Crippen LogP) is 1.26. The largest absolute Gasteiger partial charge is 0.503 e. The first-order chi connectivity index (χ1) is 9.90. The van der Waals surface area contributed by atoms with Crippen molar-refractivity contribution in [2.24, 2.45) is 0 Å². The van der Waals surface area contributed by atoms with Gasteiger partial charge >= 0.3 is 5.97 Å². The highest BCUT2D eigenvalue weighted by Gasteiger charge is 2.23. The van der Waals surface area contributed by atoms with Gasteiger partial charge in [0.2, 0.25) is 0 Å². The van der Waals surface area contributed by atoms with Crippen molar-refractivity contribution in [1.82, 2.24) is 10.3 Å². The third-order valence-corrected chi connectivity index (χ3v) is 2.92. The van der Waals surface area contributed by atoms with Gasteiger partial charge in [-0.1, -0.05) is 6.92 Å². The molecular weight excluding hydrogens is 276 g/mol. The van der Waals surface area contributed by atoms with Crippen LogP contribution in [0.15, 0.2) is 12.3 Å². The number of methoxy groups -OCH3 is 1. The number of pyridine rings is 1. The number of hydrogen-bond donors (Lipinski definition) is 2. The van der Waals surface area contributed by atoms with Crippen molar-refractivity contribution in [3.8, 4) is 11.5 Å². The Labute approximate surface area is 123 Å². The monoisotopic (exact) mass is 296 g/mol. The first-order valence-corrected chi connectivity index (χ1v) is 6.64. The van der Waals surface area contributed by atoms with Gasteiger partial charge in [0.1, 0.15) is 6.04 Å². The van der Waals surface area contributed by atoms with Crippen molar-refractivity contribution in [2.75, 3.05) is 7.11 Å². The molecule has 1 rings (SSSR count). The van der Waals surface area contributed by atoms with Crippen LogP contribution in [0, 0.1) is 0 Å². The third-order valence-electron chi connectivity index (χ3n) is 2.92. The fraction of sp³-hybridized carbons (Fsp3) is 0.500. The first-order valence-electron chi connectivity index (χ1n) is 6.64. The number of aromatic hydroxyl groups is 1. The van der Waals surface area contributed by atoms with Gasteiger partial charge < -0.3 is 19.9 Å². The molecule has 1 aromatic rings. The highest BCUT2D eigenvalue weighted by Crippen LogP contribution is 2.27. The van der Waals surface area contributed by atoms with Crippen molar-refractivity contribution >= 4 is 11.9 Å². The predicted molar refractivity (Wildman–Crippen MR) is 75.2 cm³/mol. The molecule has 0 saturated heterocycles. The summed E-state index contributed by atoms with van der Waals surface area (Å²) in [5.74, 6) is -1.47. The Hall–Kier alpha value is -2.31. The minimum atomic E-state index is -0.848. The van der Waals surface area contributed by atoms with Gasteiger partial charge in [-0.15, -0.1) is 0 Å². The number of hydrogen-bond acceptors (Lipinski definition) is 6. The van der Waals surface area contributed by atoms with Crippen molar-refractivity contribution < 1.29 is 24.2 Å². The van der Waals surface area contributed by atoms with Crippen molar-refractivity contribution in [2.45, 2.75) is 39.3 Å². The molecule has 7 heteroatoms. The lowest BCUT2D eigenvalue weighted by atomic mass is 10.2. The molecule has 1 unspecified atom stereocenters. The van der Waals surface area contributed by atoms with E-state index in [1.54, 1.807) is 6.92 Å². The maximum absolute atomic E-state index is 12.0. The summed E-state index contributed by atoms with van der Waals surface area (Å²) in [7, 11) is 1.36. The Balaban J connectivity index is 2.75. The normalized spacial score (nSPS) is 13.1. The number of nitrogens with one attached hydrogen (secondary N) is 1. The summed E-state index contributed by atoms with van der Waals surface area (Å²) < 4.78 is 10.0. The van der Waals surface area contributed by atoms with Crippen LogP contribution in [0.2, 0.25) is 0 Å². The first kappa shape index (κ1) is 16.7. The Morgan fingerprint density at radius 3 is 2.67 bits per heavy atom. The number of amides is 1. The second-order valence-electron chi connectivity index (χ2n) is 4.56. The van der Waals surface area contributed by atoms with Crippen LogP contribution in [-0.2, 0) is 9.53 Å². The number of ether oxygens (including phenoxy) is 2. The van der Waals surface area contributed by atoms with Crippen LogP contribution in [0.3, 0.4) is 0 Å². The van der Waals surface area contributed by atoms with E-state index in [2.05, 4.69) is 10.3 Å². The summed E-state index contributed by atoms with van der Waals surface area (Å²) in [6, 6.07) is 0.575. The van der Waals surface area contributed by atoms with Crippen LogP contribution >= 0.6 is 0 Å². The Kier molecular flexibility index (Phi) is 5.95. The molecule has 0 fully saturated rings. The Bertz CT molecular complexity index is 518. The molecule has 7 nitrogen and oxygen atoms in total. The van der Waals surface area contributed by atoms with Gasteiger partial charge in [0.25, 0.3) is 5.91 Å². The summed E-state index contributed by atoms with van der Waals surface area (Å²) >= 11 is 0. The van der Waals surface area contributed by atoms with Gasteiger partial charge in [-0.25, -0.2) is 9.78 Å². The zero-order chi connectivity index (χ0) is 16.0. The third kappa shape index (κ3) is 4.34. The van der Waals surface area contributed by atoms with E-state index in [0.29, 0.717) is 6.42 Å². The number of nitrogens with zero attached hydrogens (tertiary/aromatic N) is 1. The lowest BCUT2D eigenvalue weighted by Crippen LogP contribution is -2.40. The van der Waals surface area contributed by atoms with E-state index < -0.39 is 17.9 Å². The fourth-order valence-corrected chi connectivity index (χ4v) is 1.47. The Morgan fingerprint density at radius 2 is 2.10 bits per heavy atom. The maximum atomic E-state index is 12.0. The van der Waals surface area contributed by atoms with Gasteiger partial charge in [-0.2, -0.15) is 0 Å². The van der Waals surface area contributed by atoms with Gasteiger partial charge in [-0.05, 0) is 20.3 Å². The van der Waals surface area contributed by atoms with Crippen LogP contribution < -0.4 is 10.1 Å². The summed E-state index contributed by atoms with van der Waals surface area (Å²) in [6.07, 6.45) is 1.79. The second-order valence-corrected chi connectivity index (χ2v) is 4.56. The average Bonchev–Trinajstić information content (AvgIpc) is 2.46. The van der Waals surface area contributed by atoms with E-state index in [1.807, 2.05) is 6.92 Å². The topological polar surface area (TPSA) is 97.8 Å². The standard InChI is InChI=1S/C14H20N2O5/c1-5-8(2)21-14(19)9(3)16-13(18)11-12(17)10(20-4)6-7-15-11/h6-9,17H,5H2,1-4H3,(H,16,18)/t8?,9-/m0/s1. The van der Waals surface area contributed by atoms with Crippen molar-refractivity contribution in [3.05, 3.63) is 18.0 Å². The lowest BCUT2D eigenvalue weighted by molar-refractivity contribution is -0.150. The molecule has 0 spiro atoms. The molecule has 0 saturated carbocycles. The van der Waals surface area contributed by atoms with Crippen LogP contribution in [-0.4, -0.2) is 41.2 Å². The van der Waals surface area contributed by atoms with Crippen LogP contribution in [0.4, 0.5) is 0 Å². The molecule has 2 N–H and O–H groups in total. The summed E-state index contributed by atoms with van der Waals surface area (Å²) in [5.41, 5.74) is -0.211. The second kappa shape index (κ2) is 7.47. The number of aromatic nitrogens is 1. The molecule has 0 aliphatic rings. The molecule has 0 aromatic carbocycles. The van der Waals surface area contributed by atoms with Gasteiger partial charge in [0.05, 0.1) is 13.2 Å². The minimum absolute atomic E-state index is 0.130. The molecule has 116 valence electrons.